The van der Waals surface area contributed by atoms with Crippen molar-refractivity contribution in [3.63, 3.8) is 0 Å². The molecule has 1 aliphatic heterocycles. The van der Waals surface area contributed by atoms with Crippen LogP contribution in [0.15, 0.2) is 22.7 Å². The lowest BCUT2D eigenvalue weighted by atomic mass is 10.2. The van der Waals surface area contributed by atoms with Crippen LogP contribution in [0.3, 0.4) is 0 Å². The number of methoxy groups -OCH3 is 1. The molecule has 1 fully saturated rings. The lowest BCUT2D eigenvalue weighted by molar-refractivity contribution is 0.0951. The third-order valence-corrected chi connectivity index (χ3v) is 5.61. The molecule has 0 bridgehead atoms. The molecule has 7 nitrogen and oxygen atoms in total. The van der Waals surface area contributed by atoms with Gasteiger partial charge in [0.1, 0.15) is 12.4 Å². The highest BCUT2D eigenvalue weighted by Gasteiger charge is 2.14. The van der Waals surface area contributed by atoms with Gasteiger partial charge in [-0.3, -0.25) is 4.79 Å². The van der Waals surface area contributed by atoms with Crippen LogP contribution in [0.5, 0.6) is 11.5 Å². The third-order valence-electron chi connectivity index (χ3n) is 5.61. The summed E-state index contributed by atoms with van der Waals surface area (Å²) in [5.74, 6) is 1.75. The molecule has 0 spiro atoms. The van der Waals surface area contributed by atoms with Crippen molar-refractivity contribution in [1.82, 2.24) is 15.4 Å². The second-order valence-corrected chi connectivity index (χ2v) is 7.82. The van der Waals surface area contributed by atoms with Gasteiger partial charge in [0.25, 0.3) is 5.91 Å². The minimum atomic E-state index is -0.0959. The number of nitrogens with zero attached hydrogens (tertiary/aromatic N) is 2. The summed E-state index contributed by atoms with van der Waals surface area (Å²) in [5, 5.41) is 6.95. The number of benzene rings is 1. The van der Waals surface area contributed by atoms with Crippen molar-refractivity contribution in [2.24, 2.45) is 0 Å². The molecular formula is C23H33N3O4. The van der Waals surface area contributed by atoms with E-state index >= 15 is 0 Å². The second-order valence-electron chi connectivity index (χ2n) is 7.82. The van der Waals surface area contributed by atoms with E-state index in [4.69, 9.17) is 14.0 Å². The van der Waals surface area contributed by atoms with E-state index in [1.54, 1.807) is 25.3 Å². The molecule has 0 unspecified atom stereocenters. The maximum atomic E-state index is 12.5. The van der Waals surface area contributed by atoms with Crippen LogP contribution >= 0.6 is 0 Å². The number of nitrogens with one attached hydrogen (secondary N) is 1. The molecule has 164 valence electrons. The Hall–Kier alpha value is -2.54. The van der Waals surface area contributed by atoms with Crippen LogP contribution in [0, 0.1) is 13.8 Å². The molecule has 1 amide bonds. The van der Waals surface area contributed by atoms with Crippen molar-refractivity contribution in [3.8, 4) is 11.5 Å². The largest absolute Gasteiger partial charge is 0.493 e. The molecule has 1 aliphatic rings. The van der Waals surface area contributed by atoms with E-state index in [2.05, 4.69) is 15.4 Å². The first-order valence-electron chi connectivity index (χ1n) is 10.8. The highest BCUT2D eigenvalue weighted by atomic mass is 16.5. The minimum absolute atomic E-state index is 0.0959. The fourth-order valence-corrected chi connectivity index (χ4v) is 3.75. The highest BCUT2D eigenvalue weighted by molar-refractivity contribution is 5.94. The van der Waals surface area contributed by atoms with Crippen molar-refractivity contribution in [2.75, 3.05) is 33.3 Å². The lowest BCUT2D eigenvalue weighted by Gasteiger charge is -2.19. The number of likely N-dealkylation sites (tertiary alicyclic amines) is 1. The number of rotatable bonds is 9. The fourth-order valence-electron chi connectivity index (χ4n) is 3.75. The topological polar surface area (TPSA) is 76.8 Å². The number of carbonyl (C=O) groups is 1. The van der Waals surface area contributed by atoms with Crippen LogP contribution in [-0.4, -0.2) is 49.3 Å². The first kappa shape index (κ1) is 22.2. The summed E-state index contributed by atoms with van der Waals surface area (Å²) in [5.41, 5.74) is 2.29. The van der Waals surface area contributed by atoms with Crippen LogP contribution in [0.4, 0.5) is 0 Å². The van der Waals surface area contributed by atoms with E-state index in [-0.39, 0.29) is 5.91 Å². The smallest absolute Gasteiger partial charge is 0.251 e. The van der Waals surface area contributed by atoms with Gasteiger partial charge in [0, 0.05) is 12.1 Å². The van der Waals surface area contributed by atoms with Crippen LogP contribution in [0.25, 0.3) is 0 Å². The monoisotopic (exact) mass is 415 g/mol. The third kappa shape index (κ3) is 5.98. The Balaban J connectivity index is 1.50. The molecule has 2 heterocycles. The number of aryl methyl sites for hydroxylation is 2. The van der Waals surface area contributed by atoms with Crippen LogP contribution < -0.4 is 14.8 Å². The predicted octanol–water partition coefficient (Wildman–Crippen LogP) is 3.87. The molecule has 2 aromatic rings. The van der Waals surface area contributed by atoms with Gasteiger partial charge in [0.2, 0.25) is 0 Å². The summed E-state index contributed by atoms with van der Waals surface area (Å²) in [6, 6.07) is 5.24. The van der Waals surface area contributed by atoms with E-state index < -0.39 is 0 Å². The normalized spacial score (nSPS) is 14.9. The molecule has 1 N–H and O–H groups in total. The average Bonchev–Trinajstić information content (AvgIpc) is 2.94. The van der Waals surface area contributed by atoms with Gasteiger partial charge < -0.3 is 24.2 Å². The summed E-state index contributed by atoms with van der Waals surface area (Å²) in [6.07, 6.45) is 6.22. The van der Waals surface area contributed by atoms with E-state index in [0.29, 0.717) is 30.2 Å². The van der Waals surface area contributed by atoms with Crippen LogP contribution in [-0.2, 0) is 6.61 Å². The summed E-state index contributed by atoms with van der Waals surface area (Å²) >= 11 is 0. The number of carbonyl (C=O) groups excluding carboxylic acids is 1. The average molecular weight is 416 g/mol. The Morgan fingerprint density at radius 2 is 1.93 bits per heavy atom. The molecule has 1 aromatic heterocycles. The SMILES string of the molecule is COc1cc(C(=O)NCCCN2CCCCCC2)ccc1OCc1c(C)noc1C. The maximum absolute atomic E-state index is 12.5. The molecule has 0 atom stereocenters. The molecule has 30 heavy (non-hydrogen) atoms. The van der Waals surface area contributed by atoms with Gasteiger partial charge in [-0.2, -0.15) is 0 Å². The van der Waals surface area contributed by atoms with Crippen molar-refractivity contribution in [2.45, 2.75) is 52.6 Å². The van der Waals surface area contributed by atoms with Gasteiger partial charge >= 0.3 is 0 Å². The zero-order valence-corrected chi connectivity index (χ0v) is 18.3. The van der Waals surface area contributed by atoms with Gasteiger partial charge in [-0.25, -0.2) is 0 Å². The Bertz CT molecular complexity index is 806. The standard InChI is InChI=1S/C23H33N3O4/c1-17-20(18(2)30-25-17)16-29-21-10-9-19(15-22(21)28-3)23(27)24-11-8-14-26-12-6-4-5-7-13-26/h9-10,15H,4-8,11-14,16H2,1-3H3,(H,24,27). The van der Waals surface area contributed by atoms with Crippen molar-refractivity contribution in [1.29, 1.82) is 0 Å². The number of amides is 1. The lowest BCUT2D eigenvalue weighted by Crippen LogP contribution is -2.30. The first-order chi connectivity index (χ1) is 14.6. The second kappa shape index (κ2) is 11.0. The van der Waals surface area contributed by atoms with Gasteiger partial charge in [0.05, 0.1) is 18.4 Å². The minimum Gasteiger partial charge on any atom is -0.493 e. The van der Waals surface area contributed by atoms with Crippen molar-refractivity contribution in [3.05, 3.63) is 40.8 Å². The zero-order valence-electron chi connectivity index (χ0n) is 18.3. The van der Waals surface area contributed by atoms with Gasteiger partial charge in [-0.05, 0) is 70.9 Å². The molecule has 3 rings (SSSR count). The van der Waals surface area contributed by atoms with Crippen LogP contribution in [0.1, 0.15) is 59.5 Å². The fraction of sp³-hybridized carbons (Fsp3) is 0.565. The summed E-state index contributed by atoms with van der Waals surface area (Å²) in [6.45, 7) is 8.14. The molecular weight excluding hydrogens is 382 g/mol. The summed E-state index contributed by atoms with van der Waals surface area (Å²) < 4.78 is 16.5. The number of hydrogen-bond acceptors (Lipinski definition) is 6. The first-order valence-corrected chi connectivity index (χ1v) is 10.8. The van der Waals surface area contributed by atoms with E-state index in [0.717, 1.165) is 30.0 Å². The molecule has 0 aliphatic carbocycles. The Labute approximate surface area is 178 Å². The Kier molecular flexibility index (Phi) is 8.13. The number of hydrogen-bond donors (Lipinski definition) is 1. The van der Waals surface area contributed by atoms with Gasteiger partial charge in [0.15, 0.2) is 11.5 Å². The predicted molar refractivity (Wildman–Crippen MR) is 115 cm³/mol. The summed E-state index contributed by atoms with van der Waals surface area (Å²) in [4.78, 5) is 15.0. The highest BCUT2D eigenvalue weighted by Crippen LogP contribution is 2.29. The molecule has 7 heteroatoms. The van der Waals surface area contributed by atoms with Gasteiger partial charge in [-0.15, -0.1) is 0 Å². The van der Waals surface area contributed by atoms with Crippen LogP contribution in [0.2, 0.25) is 0 Å². The Morgan fingerprint density at radius 3 is 2.60 bits per heavy atom. The van der Waals surface area contributed by atoms with E-state index in [1.165, 1.54) is 38.8 Å². The molecule has 0 radical (unpaired) electrons. The maximum Gasteiger partial charge on any atom is 0.251 e. The molecule has 0 saturated carbocycles. The zero-order chi connectivity index (χ0) is 21.3. The summed E-state index contributed by atoms with van der Waals surface area (Å²) in [7, 11) is 1.57. The molecule has 1 aromatic carbocycles. The molecule has 1 saturated heterocycles. The van der Waals surface area contributed by atoms with Gasteiger partial charge in [-0.1, -0.05) is 18.0 Å². The Morgan fingerprint density at radius 1 is 1.17 bits per heavy atom. The number of aromatic nitrogens is 1. The quantitative estimate of drug-likeness (QED) is 0.627. The van der Waals surface area contributed by atoms with Crippen molar-refractivity contribution < 1.29 is 18.8 Å². The van der Waals surface area contributed by atoms with Crippen molar-refractivity contribution >= 4 is 5.91 Å². The van der Waals surface area contributed by atoms with E-state index in [9.17, 15) is 4.79 Å². The van der Waals surface area contributed by atoms with E-state index in [1.807, 2.05) is 13.8 Å². The number of ether oxygens (including phenoxy) is 2.